The number of nitrogens with zero attached hydrogens (tertiary/aromatic N) is 3. The Balaban J connectivity index is 1.45. The van der Waals surface area contributed by atoms with E-state index in [4.69, 9.17) is 0 Å². The van der Waals surface area contributed by atoms with E-state index in [-0.39, 0.29) is 16.8 Å². The minimum absolute atomic E-state index is 0.0400. The second-order valence-electron chi connectivity index (χ2n) is 8.40. The lowest BCUT2D eigenvalue weighted by molar-refractivity contribution is -0.121. The molecule has 1 fully saturated rings. The minimum atomic E-state index is -3.50. The van der Waals surface area contributed by atoms with Crippen molar-refractivity contribution >= 4 is 27.0 Å². The van der Waals surface area contributed by atoms with Gasteiger partial charge in [-0.05, 0) is 43.5 Å². The summed E-state index contributed by atoms with van der Waals surface area (Å²) in [6, 6.07) is 14.9. The van der Waals surface area contributed by atoms with Crippen molar-refractivity contribution in [3.63, 3.8) is 0 Å². The molecule has 1 atom stereocenters. The number of aryl methyl sites for hydroxylation is 2. The van der Waals surface area contributed by atoms with Crippen molar-refractivity contribution < 1.29 is 13.2 Å². The van der Waals surface area contributed by atoms with Crippen LogP contribution in [0.1, 0.15) is 50.0 Å². The third-order valence-corrected chi connectivity index (χ3v) is 8.05. The average molecular weight is 455 g/mol. The van der Waals surface area contributed by atoms with E-state index in [2.05, 4.69) is 10.3 Å². The molecular weight excluding hydrogens is 424 g/mol. The quantitative estimate of drug-likeness (QED) is 0.592. The highest BCUT2D eigenvalue weighted by Gasteiger charge is 2.26. The van der Waals surface area contributed by atoms with E-state index >= 15 is 0 Å². The van der Waals surface area contributed by atoms with Gasteiger partial charge in [0.1, 0.15) is 5.82 Å². The van der Waals surface area contributed by atoms with Crippen molar-refractivity contribution in [3.05, 3.63) is 59.9 Å². The molecule has 0 unspecified atom stereocenters. The molecule has 0 spiro atoms. The highest BCUT2D eigenvalue weighted by Crippen LogP contribution is 2.25. The first-order valence-corrected chi connectivity index (χ1v) is 12.6. The van der Waals surface area contributed by atoms with Crippen molar-refractivity contribution in [1.82, 2.24) is 19.2 Å². The van der Waals surface area contributed by atoms with Gasteiger partial charge < -0.3 is 9.88 Å². The SMILES string of the molecule is C[C@@H](NC(=O)CCc1nc2cc(S(=O)(=O)N3CCCCC3)ccc2n1C)c1ccccc1. The van der Waals surface area contributed by atoms with Crippen molar-refractivity contribution in [2.24, 2.45) is 7.05 Å². The zero-order chi connectivity index (χ0) is 22.7. The van der Waals surface area contributed by atoms with Gasteiger partial charge in [0.05, 0.1) is 22.0 Å². The molecule has 1 amide bonds. The fraction of sp³-hybridized carbons (Fsp3) is 0.417. The maximum Gasteiger partial charge on any atom is 0.243 e. The highest BCUT2D eigenvalue weighted by molar-refractivity contribution is 7.89. The summed E-state index contributed by atoms with van der Waals surface area (Å²) in [6.45, 7) is 3.11. The number of benzene rings is 2. The Labute approximate surface area is 189 Å². The Kier molecular flexibility index (Phi) is 6.62. The molecule has 8 heteroatoms. The molecule has 32 heavy (non-hydrogen) atoms. The summed E-state index contributed by atoms with van der Waals surface area (Å²) in [5.41, 5.74) is 2.56. The zero-order valence-electron chi connectivity index (χ0n) is 18.6. The molecule has 1 N–H and O–H groups in total. The van der Waals surface area contributed by atoms with Gasteiger partial charge in [-0.25, -0.2) is 13.4 Å². The summed E-state index contributed by atoms with van der Waals surface area (Å²) in [5, 5.41) is 3.02. The number of piperidine rings is 1. The van der Waals surface area contributed by atoms with Gasteiger partial charge in [0.2, 0.25) is 15.9 Å². The fourth-order valence-electron chi connectivity index (χ4n) is 4.23. The van der Waals surface area contributed by atoms with Crippen LogP contribution in [0.25, 0.3) is 11.0 Å². The number of aromatic nitrogens is 2. The molecule has 170 valence electrons. The number of sulfonamides is 1. The summed E-state index contributed by atoms with van der Waals surface area (Å²) in [5.74, 6) is 0.719. The van der Waals surface area contributed by atoms with Crippen LogP contribution in [-0.4, -0.2) is 41.3 Å². The van der Waals surface area contributed by atoms with Gasteiger partial charge in [-0.1, -0.05) is 36.8 Å². The summed E-state index contributed by atoms with van der Waals surface area (Å²) < 4.78 is 29.5. The van der Waals surface area contributed by atoms with Crippen molar-refractivity contribution in [2.45, 2.75) is 50.0 Å². The van der Waals surface area contributed by atoms with Crippen LogP contribution in [-0.2, 0) is 28.3 Å². The lowest BCUT2D eigenvalue weighted by atomic mass is 10.1. The standard InChI is InChI=1S/C24H30N4O3S/c1-18(19-9-5-3-6-10-19)25-24(29)14-13-23-26-21-17-20(11-12-22(21)27(23)2)32(30,31)28-15-7-4-8-16-28/h3,5-6,9-12,17-18H,4,7-8,13-16H2,1-2H3,(H,25,29)/t18-/m1/s1. The molecule has 1 aliphatic rings. The molecular formula is C24H30N4O3S. The Morgan fingerprint density at radius 2 is 1.81 bits per heavy atom. The van der Waals surface area contributed by atoms with Crippen LogP contribution in [0, 0.1) is 0 Å². The number of nitrogens with one attached hydrogen (secondary N) is 1. The van der Waals surface area contributed by atoms with Crippen LogP contribution < -0.4 is 5.32 Å². The molecule has 1 aromatic heterocycles. The molecule has 3 aromatic rings. The van der Waals surface area contributed by atoms with E-state index in [1.807, 2.05) is 48.9 Å². The Hall–Kier alpha value is -2.71. The number of carbonyl (C=O) groups excluding carboxylic acids is 1. The molecule has 0 saturated carbocycles. The van der Waals surface area contributed by atoms with Gasteiger partial charge in [-0.3, -0.25) is 4.79 Å². The summed E-state index contributed by atoms with van der Waals surface area (Å²) in [6.07, 6.45) is 3.67. The van der Waals surface area contributed by atoms with Gasteiger partial charge in [-0.2, -0.15) is 4.31 Å². The summed E-state index contributed by atoms with van der Waals surface area (Å²) in [7, 11) is -1.61. The average Bonchev–Trinajstić information content (AvgIpc) is 3.13. The second-order valence-corrected chi connectivity index (χ2v) is 10.3. The third kappa shape index (κ3) is 4.71. The first-order valence-electron chi connectivity index (χ1n) is 11.2. The molecule has 0 radical (unpaired) electrons. The number of amides is 1. The minimum Gasteiger partial charge on any atom is -0.350 e. The van der Waals surface area contributed by atoms with E-state index in [9.17, 15) is 13.2 Å². The number of hydrogen-bond donors (Lipinski definition) is 1. The largest absolute Gasteiger partial charge is 0.350 e. The molecule has 7 nitrogen and oxygen atoms in total. The molecule has 0 bridgehead atoms. The van der Waals surface area contributed by atoms with Gasteiger partial charge >= 0.3 is 0 Å². The zero-order valence-corrected chi connectivity index (χ0v) is 19.4. The van der Waals surface area contributed by atoms with E-state index < -0.39 is 10.0 Å². The maximum atomic E-state index is 13.0. The number of rotatable bonds is 7. The van der Waals surface area contributed by atoms with Crippen LogP contribution in [0.5, 0.6) is 0 Å². The topological polar surface area (TPSA) is 84.3 Å². The molecule has 0 aliphatic carbocycles. The van der Waals surface area contributed by atoms with Crippen LogP contribution in [0.2, 0.25) is 0 Å². The summed E-state index contributed by atoms with van der Waals surface area (Å²) >= 11 is 0. The lowest BCUT2D eigenvalue weighted by Gasteiger charge is -2.25. The van der Waals surface area contributed by atoms with Crippen LogP contribution in [0.3, 0.4) is 0 Å². The van der Waals surface area contributed by atoms with Crippen LogP contribution in [0.4, 0.5) is 0 Å². The molecule has 2 aromatic carbocycles. The Bertz CT molecular complexity index is 1200. The number of hydrogen-bond acceptors (Lipinski definition) is 4. The Morgan fingerprint density at radius 1 is 1.09 bits per heavy atom. The lowest BCUT2D eigenvalue weighted by Crippen LogP contribution is -2.35. The van der Waals surface area contributed by atoms with E-state index in [0.29, 0.717) is 31.4 Å². The normalized spacial score (nSPS) is 16.2. The molecule has 1 saturated heterocycles. The van der Waals surface area contributed by atoms with Crippen molar-refractivity contribution in [1.29, 1.82) is 0 Å². The fourth-order valence-corrected chi connectivity index (χ4v) is 5.77. The van der Waals surface area contributed by atoms with E-state index in [1.165, 1.54) is 0 Å². The monoisotopic (exact) mass is 454 g/mol. The molecule has 4 rings (SSSR count). The number of fused-ring (bicyclic) bond motifs is 1. The first kappa shape index (κ1) is 22.5. The van der Waals surface area contributed by atoms with Gasteiger partial charge in [0.25, 0.3) is 0 Å². The second kappa shape index (κ2) is 9.42. The molecule has 1 aliphatic heterocycles. The van der Waals surface area contributed by atoms with Gasteiger partial charge in [0, 0.05) is 33.0 Å². The maximum absolute atomic E-state index is 13.0. The van der Waals surface area contributed by atoms with Crippen molar-refractivity contribution in [2.75, 3.05) is 13.1 Å². The third-order valence-electron chi connectivity index (χ3n) is 6.15. The summed E-state index contributed by atoms with van der Waals surface area (Å²) in [4.78, 5) is 17.4. The molecule has 2 heterocycles. The van der Waals surface area contributed by atoms with E-state index in [1.54, 1.807) is 22.5 Å². The van der Waals surface area contributed by atoms with E-state index in [0.717, 1.165) is 36.2 Å². The number of carbonyl (C=O) groups is 1. The predicted octanol–water partition coefficient (Wildman–Crippen LogP) is 3.56. The number of imidazole rings is 1. The van der Waals surface area contributed by atoms with Crippen LogP contribution in [0.15, 0.2) is 53.4 Å². The Morgan fingerprint density at radius 3 is 2.53 bits per heavy atom. The predicted molar refractivity (Wildman–Crippen MR) is 125 cm³/mol. The van der Waals surface area contributed by atoms with Crippen LogP contribution >= 0.6 is 0 Å². The van der Waals surface area contributed by atoms with Gasteiger partial charge in [-0.15, -0.1) is 0 Å². The highest BCUT2D eigenvalue weighted by atomic mass is 32.2. The van der Waals surface area contributed by atoms with Gasteiger partial charge in [0.15, 0.2) is 0 Å². The van der Waals surface area contributed by atoms with Crippen molar-refractivity contribution in [3.8, 4) is 0 Å². The first-order chi connectivity index (χ1) is 15.4. The smallest absolute Gasteiger partial charge is 0.243 e.